The summed E-state index contributed by atoms with van der Waals surface area (Å²) in [4.78, 5) is 0. The number of hydrogen-bond donors (Lipinski definition) is 0. The van der Waals surface area contributed by atoms with Crippen LogP contribution in [0.3, 0.4) is 0 Å². The molecule has 1 saturated carbocycles. The van der Waals surface area contributed by atoms with E-state index in [2.05, 4.69) is 56.6 Å². The van der Waals surface area contributed by atoms with Gasteiger partial charge in [0.2, 0.25) is 0 Å². The fraction of sp³-hybridized carbons (Fsp3) is 0.450. The summed E-state index contributed by atoms with van der Waals surface area (Å²) >= 11 is 0. The average Bonchev–Trinajstić information content (AvgIpc) is 3.14. The summed E-state index contributed by atoms with van der Waals surface area (Å²) in [6, 6.07) is 15.1. The molecule has 0 spiro atoms. The van der Waals surface area contributed by atoms with Crippen molar-refractivity contribution in [3.05, 3.63) is 48.3 Å². The van der Waals surface area contributed by atoms with E-state index in [1.807, 2.05) is 6.07 Å². The Balaban J connectivity index is 1.31. The highest BCUT2D eigenvalue weighted by Gasteiger charge is 2.19. The van der Waals surface area contributed by atoms with Gasteiger partial charge in [0.15, 0.2) is 5.82 Å². The monoisotopic (exact) mass is 336 g/mol. The van der Waals surface area contributed by atoms with Gasteiger partial charge in [-0.1, -0.05) is 49.6 Å². The molecule has 5 heteroatoms. The molecular weight excluding hydrogens is 312 g/mol. The van der Waals surface area contributed by atoms with E-state index in [9.17, 15) is 0 Å². The van der Waals surface area contributed by atoms with Gasteiger partial charge in [0.05, 0.1) is 12.6 Å². The molecule has 0 aliphatic heterocycles. The molecule has 2 aromatic carbocycles. The van der Waals surface area contributed by atoms with Crippen LogP contribution in [0.15, 0.2) is 42.5 Å². The summed E-state index contributed by atoms with van der Waals surface area (Å²) in [5.74, 6) is 1.92. The van der Waals surface area contributed by atoms with Crippen LogP contribution < -0.4 is 4.74 Å². The standard InChI is InChI=1S/C20H24N4O/c1-2-9-18(10-3-1)24-20(21-22-23-24)11-6-14-25-19-13-12-16-7-4-5-8-17(16)15-19/h4-5,7-8,12-13,15,18H,1-3,6,9-11,14H2. The van der Waals surface area contributed by atoms with Crippen molar-refractivity contribution in [3.63, 3.8) is 0 Å². The Labute approximate surface area is 148 Å². The van der Waals surface area contributed by atoms with Crippen LogP contribution in [-0.4, -0.2) is 26.8 Å². The van der Waals surface area contributed by atoms with Crippen molar-refractivity contribution in [2.24, 2.45) is 0 Å². The Morgan fingerprint density at radius 2 is 1.84 bits per heavy atom. The number of aryl methyl sites for hydroxylation is 1. The first-order valence-corrected chi connectivity index (χ1v) is 9.28. The number of fused-ring (bicyclic) bond motifs is 1. The predicted molar refractivity (Wildman–Crippen MR) is 97.7 cm³/mol. The predicted octanol–water partition coefficient (Wildman–Crippen LogP) is 4.34. The molecule has 0 N–H and O–H groups in total. The minimum Gasteiger partial charge on any atom is -0.494 e. The number of hydrogen-bond acceptors (Lipinski definition) is 4. The van der Waals surface area contributed by atoms with Crippen LogP contribution in [0.1, 0.15) is 50.4 Å². The molecule has 4 rings (SSSR count). The number of ether oxygens (including phenoxy) is 1. The molecule has 0 bridgehead atoms. The van der Waals surface area contributed by atoms with Crippen LogP contribution >= 0.6 is 0 Å². The number of aromatic nitrogens is 4. The third kappa shape index (κ3) is 3.81. The fourth-order valence-electron chi connectivity index (χ4n) is 3.66. The van der Waals surface area contributed by atoms with Gasteiger partial charge in [0.1, 0.15) is 5.75 Å². The highest BCUT2D eigenvalue weighted by molar-refractivity contribution is 5.83. The quantitative estimate of drug-likeness (QED) is 0.628. The van der Waals surface area contributed by atoms with Gasteiger partial charge in [0.25, 0.3) is 0 Å². The maximum atomic E-state index is 5.92. The lowest BCUT2D eigenvalue weighted by Gasteiger charge is -2.22. The smallest absolute Gasteiger partial charge is 0.151 e. The zero-order valence-corrected chi connectivity index (χ0v) is 14.5. The minimum absolute atomic E-state index is 0.486. The van der Waals surface area contributed by atoms with Gasteiger partial charge in [-0.15, -0.1) is 5.10 Å². The molecule has 0 amide bonds. The molecule has 1 aliphatic rings. The van der Waals surface area contributed by atoms with Crippen molar-refractivity contribution in [3.8, 4) is 5.75 Å². The highest BCUT2D eigenvalue weighted by atomic mass is 16.5. The number of tetrazole rings is 1. The molecule has 0 saturated heterocycles. The zero-order chi connectivity index (χ0) is 16.9. The van der Waals surface area contributed by atoms with Gasteiger partial charge in [0, 0.05) is 6.42 Å². The van der Waals surface area contributed by atoms with Crippen molar-refractivity contribution >= 4 is 10.8 Å². The number of rotatable bonds is 6. The van der Waals surface area contributed by atoms with Gasteiger partial charge >= 0.3 is 0 Å². The highest BCUT2D eigenvalue weighted by Crippen LogP contribution is 2.28. The lowest BCUT2D eigenvalue weighted by molar-refractivity contribution is 0.298. The Morgan fingerprint density at radius 1 is 1.00 bits per heavy atom. The maximum absolute atomic E-state index is 5.92. The Morgan fingerprint density at radius 3 is 2.72 bits per heavy atom. The van der Waals surface area contributed by atoms with Gasteiger partial charge in [-0.05, 0) is 52.6 Å². The summed E-state index contributed by atoms with van der Waals surface area (Å²) in [5.41, 5.74) is 0. The Kier molecular flexibility index (Phi) is 4.91. The van der Waals surface area contributed by atoms with E-state index in [4.69, 9.17) is 4.74 Å². The molecule has 0 atom stereocenters. The van der Waals surface area contributed by atoms with Crippen LogP contribution in [0.25, 0.3) is 10.8 Å². The minimum atomic E-state index is 0.486. The third-order valence-electron chi connectivity index (χ3n) is 5.02. The van der Waals surface area contributed by atoms with E-state index in [0.717, 1.165) is 24.4 Å². The van der Waals surface area contributed by atoms with Crippen molar-refractivity contribution in [2.45, 2.75) is 51.0 Å². The van der Waals surface area contributed by atoms with Gasteiger partial charge < -0.3 is 4.74 Å². The van der Waals surface area contributed by atoms with Crippen LogP contribution in [0.2, 0.25) is 0 Å². The van der Waals surface area contributed by atoms with Crippen LogP contribution in [0.4, 0.5) is 0 Å². The van der Waals surface area contributed by atoms with Gasteiger partial charge in [-0.3, -0.25) is 0 Å². The first kappa shape index (κ1) is 16.1. The Hall–Kier alpha value is -2.43. The van der Waals surface area contributed by atoms with E-state index >= 15 is 0 Å². The molecule has 0 unspecified atom stereocenters. The molecule has 25 heavy (non-hydrogen) atoms. The summed E-state index contributed by atoms with van der Waals surface area (Å²) in [6.45, 7) is 0.676. The first-order chi connectivity index (χ1) is 12.4. The zero-order valence-electron chi connectivity index (χ0n) is 14.5. The summed E-state index contributed by atoms with van der Waals surface area (Å²) < 4.78 is 7.97. The van der Waals surface area contributed by atoms with Crippen LogP contribution in [-0.2, 0) is 6.42 Å². The number of nitrogens with zero attached hydrogens (tertiary/aromatic N) is 4. The van der Waals surface area contributed by atoms with Crippen LogP contribution in [0, 0.1) is 0 Å². The largest absolute Gasteiger partial charge is 0.494 e. The summed E-state index contributed by atoms with van der Waals surface area (Å²) in [5, 5.41) is 14.8. The normalized spacial score (nSPS) is 15.5. The molecule has 1 heterocycles. The lowest BCUT2D eigenvalue weighted by atomic mass is 9.95. The molecule has 1 aromatic heterocycles. The van der Waals surface area contributed by atoms with E-state index in [-0.39, 0.29) is 0 Å². The van der Waals surface area contributed by atoms with E-state index < -0.39 is 0 Å². The van der Waals surface area contributed by atoms with Crippen molar-refractivity contribution in [1.82, 2.24) is 20.2 Å². The fourth-order valence-corrected chi connectivity index (χ4v) is 3.66. The third-order valence-corrected chi connectivity index (χ3v) is 5.02. The van der Waals surface area contributed by atoms with Crippen molar-refractivity contribution in [1.29, 1.82) is 0 Å². The summed E-state index contributed by atoms with van der Waals surface area (Å²) in [7, 11) is 0. The van der Waals surface area contributed by atoms with E-state index in [0.29, 0.717) is 12.6 Å². The molecule has 1 fully saturated rings. The second-order valence-electron chi connectivity index (χ2n) is 6.79. The molecule has 1 aliphatic carbocycles. The molecular formula is C20H24N4O. The van der Waals surface area contributed by atoms with Gasteiger partial charge in [-0.2, -0.15) is 0 Å². The maximum Gasteiger partial charge on any atom is 0.151 e. The average molecular weight is 336 g/mol. The molecule has 3 aromatic rings. The molecule has 130 valence electrons. The van der Waals surface area contributed by atoms with E-state index in [1.165, 1.54) is 42.9 Å². The van der Waals surface area contributed by atoms with E-state index in [1.54, 1.807) is 0 Å². The summed E-state index contributed by atoms with van der Waals surface area (Å²) in [6.07, 6.45) is 8.09. The molecule has 0 radical (unpaired) electrons. The lowest BCUT2D eigenvalue weighted by Crippen LogP contribution is -2.17. The van der Waals surface area contributed by atoms with Crippen LogP contribution in [0.5, 0.6) is 5.75 Å². The van der Waals surface area contributed by atoms with Crippen molar-refractivity contribution in [2.75, 3.05) is 6.61 Å². The second-order valence-corrected chi connectivity index (χ2v) is 6.79. The second kappa shape index (κ2) is 7.64. The Bertz CT molecular complexity index is 823. The van der Waals surface area contributed by atoms with Gasteiger partial charge in [-0.25, -0.2) is 4.68 Å². The first-order valence-electron chi connectivity index (χ1n) is 9.28. The molecule has 5 nitrogen and oxygen atoms in total. The van der Waals surface area contributed by atoms with Crippen molar-refractivity contribution < 1.29 is 4.74 Å². The topological polar surface area (TPSA) is 52.8 Å². The SMILES string of the molecule is c1ccc2cc(OCCCc3nnnn3C3CCCCC3)ccc2c1. The number of benzene rings is 2.